The van der Waals surface area contributed by atoms with Gasteiger partial charge in [-0.15, -0.1) is 0 Å². The molecule has 0 saturated carbocycles. The molecule has 1 heterocycles. The first-order valence-electron chi connectivity index (χ1n) is 7.25. The average Bonchev–Trinajstić information content (AvgIpc) is 2.48. The predicted molar refractivity (Wildman–Crippen MR) is 82.0 cm³/mol. The van der Waals surface area contributed by atoms with Gasteiger partial charge in [-0.1, -0.05) is 37.3 Å². The fourth-order valence-corrected chi connectivity index (χ4v) is 4.65. The highest BCUT2D eigenvalue weighted by atomic mass is 32.2. The molecule has 2 N–H and O–H groups in total. The molecule has 2 rings (SSSR count). The van der Waals surface area contributed by atoms with E-state index in [0.717, 1.165) is 18.4 Å². The maximum absolute atomic E-state index is 12.5. The van der Waals surface area contributed by atoms with Crippen molar-refractivity contribution >= 4 is 10.0 Å². The molecule has 1 aromatic rings. The lowest BCUT2D eigenvalue weighted by molar-refractivity contribution is 0.271. The number of sulfonamides is 1. The molecule has 0 spiro atoms. The normalized spacial score (nSPS) is 22.6. The molecule has 4 nitrogen and oxygen atoms in total. The largest absolute Gasteiger partial charge is 0.330 e. The number of benzene rings is 1. The first kappa shape index (κ1) is 15.5. The molecule has 0 amide bonds. The number of nitrogens with two attached hydrogens (primary N) is 1. The van der Waals surface area contributed by atoms with E-state index < -0.39 is 10.0 Å². The summed E-state index contributed by atoms with van der Waals surface area (Å²) in [7, 11) is -3.20. The van der Waals surface area contributed by atoms with E-state index >= 15 is 0 Å². The molecular formula is C15H24N2O2S. The van der Waals surface area contributed by atoms with Gasteiger partial charge in [0.05, 0.1) is 5.75 Å². The van der Waals surface area contributed by atoms with Gasteiger partial charge in [-0.2, -0.15) is 0 Å². The van der Waals surface area contributed by atoms with Crippen LogP contribution in [0.4, 0.5) is 0 Å². The van der Waals surface area contributed by atoms with Crippen LogP contribution in [0.3, 0.4) is 0 Å². The van der Waals surface area contributed by atoms with Crippen molar-refractivity contribution < 1.29 is 8.42 Å². The Balaban J connectivity index is 2.03. The summed E-state index contributed by atoms with van der Waals surface area (Å²) in [6.45, 7) is 3.76. The summed E-state index contributed by atoms with van der Waals surface area (Å²) in [5.74, 6) is 0.499. The van der Waals surface area contributed by atoms with E-state index in [1.807, 2.05) is 37.3 Å². The van der Waals surface area contributed by atoms with Crippen LogP contribution in [0.2, 0.25) is 0 Å². The van der Waals surface area contributed by atoms with Crippen LogP contribution >= 0.6 is 0 Å². The smallest absolute Gasteiger partial charge is 0.214 e. The first-order chi connectivity index (χ1) is 9.53. The number of rotatable bonds is 5. The molecule has 5 heteroatoms. The van der Waals surface area contributed by atoms with Crippen LogP contribution in [0.1, 0.15) is 31.2 Å². The van der Waals surface area contributed by atoms with Gasteiger partial charge in [-0.25, -0.2) is 12.7 Å². The highest BCUT2D eigenvalue weighted by Gasteiger charge is 2.29. The van der Waals surface area contributed by atoms with Crippen LogP contribution < -0.4 is 5.73 Å². The van der Waals surface area contributed by atoms with E-state index in [1.54, 1.807) is 4.31 Å². The Kier molecular flexibility index (Phi) is 5.18. The van der Waals surface area contributed by atoms with Crippen molar-refractivity contribution in [3.63, 3.8) is 0 Å². The molecule has 1 saturated heterocycles. The van der Waals surface area contributed by atoms with E-state index in [0.29, 0.717) is 25.6 Å². The number of piperidine rings is 1. The lowest BCUT2D eigenvalue weighted by atomic mass is 10.0. The van der Waals surface area contributed by atoms with Crippen molar-refractivity contribution in [1.82, 2.24) is 4.31 Å². The van der Waals surface area contributed by atoms with E-state index in [2.05, 4.69) is 0 Å². The highest BCUT2D eigenvalue weighted by Crippen LogP contribution is 2.23. The molecule has 0 aliphatic carbocycles. The summed E-state index contributed by atoms with van der Waals surface area (Å²) in [6, 6.07) is 9.81. The quantitative estimate of drug-likeness (QED) is 0.901. The monoisotopic (exact) mass is 296 g/mol. The van der Waals surface area contributed by atoms with Gasteiger partial charge in [0.15, 0.2) is 0 Å². The second-order valence-corrected chi connectivity index (χ2v) is 7.71. The summed E-state index contributed by atoms with van der Waals surface area (Å²) in [4.78, 5) is 0. The van der Waals surface area contributed by atoms with Crippen molar-refractivity contribution in [1.29, 1.82) is 0 Å². The Bertz CT molecular complexity index is 516. The van der Waals surface area contributed by atoms with Gasteiger partial charge in [0.1, 0.15) is 0 Å². The molecule has 1 aliphatic heterocycles. The summed E-state index contributed by atoms with van der Waals surface area (Å²) in [5.41, 5.74) is 6.75. The zero-order valence-corrected chi connectivity index (χ0v) is 12.8. The fourth-order valence-electron chi connectivity index (χ4n) is 2.77. The molecule has 112 valence electrons. The maximum Gasteiger partial charge on any atom is 0.214 e. The van der Waals surface area contributed by atoms with Crippen LogP contribution in [0.15, 0.2) is 30.3 Å². The van der Waals surface area contributed by atoms with Crippen LogP contribution in [0.5, 0.6) is 0 Å². The molecule has 1 aromatic carbocycles. The van der Waals surface area contributed by atoms with Gasteiger partial charge in [0.25, 0.3) is 0 Å². The average molecular weight is 296 g/mol. The van der Waals surface area contributed by atoms with Gasteiger partial charge in [0, 0.05) is 13.1 Å². The Morgan fingerprint density at radius 1 is 1.35 bits per heavy atom. The zero-order chi connectivity index (χ0) is 14.6. The van der Waals surface area contributed by atoms with Crippen molar-refractivity contribution in [2.45, 2.75) is 25.7 Å². The number of nitrogens with zero attached hydrogens (tertiary/aromatic N) is 1. The first-order valence-corrected chi connectivity index (χ1v) is 8.86. The predicted octanol–water partition coefficient (Wildman–Crippen LogP) is 1.79. The molecule has 20 heavy (non-hydrogen) atoms. The molecule has 0 aromatic heterocycles. The van der Waals surface area contributed by atoms with Gasteiger partial charge in [-0.3, -0.25) is 0 Å². The maximum atomic E-state index is 12.5. The summed E-state index contributed by atoms with van der Waals surface area (Å²) < 4.78 is 26.7. The lowest BCUT2D eigenvalue weighted by Crippen LogP contribution is -2.43. The number of hydrogen-bond acceptors (Lipinski definition) is 3. The molecule has 1 aliphatic rings. The molecular weight excluding hydrogens is 272 g/mol. The van der Waals surface area contributed by atoms with Crippen LogP contribution in [-0.4, -0.2) is 38.1 Å². The van der Waals surface area contributed by atoms with Gasteiger partial charge < -0.3 is 5.73 Å². The second kappa shape index (κ2) is 6.70. The van der Waals surface area contributed by atoms with E-state index in [-0.39, 0.29) is 11.7 Å². The molecule has 0 radical (unpaired) electrons. The highest BCUT2D eigenvalue weighted by molar-refractivity contribution is 7.89. The molecule has 1 fully saturated rings. The van der Waals surface area contributed by atoms with E-state index in [1.165, 1.54) is 0 Å². The Morgan fingerprint density at radius 3 is 2.70 bits per heavy atom. The van der Waals surface area contributed by atoms with Crippen molar-refractivity contribution in [2.24, 2.45) is 11.7 Å². The topological polar surface area (TPSA) is 63.4 Å². The van der Waals surface area contributed by atoms with Gasteiger partial charge >= 0.3 is 0 Å². The van der Waals surface area contributed by atoms with Crippen molar-refractivity contribution in [3.05, 3.63) is 35.9 Å². The third-order valence-corrected chi connectivity index (χ3v) is 6.08. The molecule has 0 bridgehead atoms. The van der Waals surface area contributed by atoms with E-state index in [4.69, 9.17) is 5.73 Å². The molecule has 2 unspecified atom stereocenters. The SMILES string of the molecule is CC(CS(=O)(=O)N1CCCC(CN)C1)c1ccccc1. The summed E-state index contributed by atoms with van der Waals surface area (Å²) in [6.07, 6.45) is 1.96. The lowest BCUT2D eigenvalue weighted by Gasteiger charge is -2.32. The van der Waals surface area contributed by atoms with E-state index in [9.17, 15) is 8.42 Å². The Hall–Kier alpha value is -0.910. The minimum Gasteiger partial charge on any atom is -0.330 e. The van der Waals surface area contributed by atoms with Crippen molar-refractivity contribution in [3.8, 4) is 0 Å². The molecule has 2 atom stereocenters. The minimum atomic E-state index is -3.20. The van der Waals surface area contributed by atoms with Crippen LogP contribution in [0, 0.1) is 5.92 Å². The third-order valence-electron chi connectivity index (χ3n) is 4.04. The third kappa shape index (κ3) is 3.81. The Labute approximate surface area is 122 Å². The standard InChI is InChI=1S/C15H24N2O2S/c1-13(15-7-3-2-4-8-15)12-20(18,19)17-9-5-6-14(10-16)11-17/h2-4,7-8,13-14H,5-6,9-12,16H2,1H3. The minimum absolute atomic E-state index is 0.0134. The Morgan fingerprint density at radius 2 is 2.05 bits per heavy atom. The zero-order valence-electron chi connectivity index (χ0n) is 12.0. The summed E-state index contributed by atoms with van der Waals surface area (Å²) in [5, 5.41) is 0. The van der Waals surface area contributed by atoms with Crippen LogP contribution in [0.25, 0.3) is 0 Å². The second-order valence-electron chi connectivity index (χ2n) is 5.69. The fraction of sp³-hybridized carbons (Fsp3) is 0.600. The van der Waals surface area contributed by atoms with Crippen LogP contribution in [-0.2, 0) is 10.0 Å². The van der Waals surface area contributed by atoms with Gasteiger partial charge in [-0.05, 0) is 36.8 Å². The van der Waals surface area contributed by atoms with Crippen molar-refractivity contribution in [2.75, 3.05) is 25.4 Å². The van der Waals surface area contributed by atoms with Gasteiger partial charge in [0.2, 0.25) is 10.0 Å². The number of hydrogen-bond donors (Lipinski definition) is 1. The summed E-state index contributed by atoms with van der Waals surface area (Å²) >= 11 is 0.